The molecule has 0 aromatic carbocycles. The molecule has 204 valence electrons. The first-order valence-electron chi connectivity index (χ1n) is 12.0. The van der Waals surface area contributed by atoms with Crippen LogP contribution in [0.25, 0.3) is 0 Å². The number of alkyl carbamates (subject to hydrolysis) is 1. The highest BCUT2D eigenvalue weighted by Crippen LogP contribution is 2.38. The molecule has 0 aromatic rings. The van der Waals surface area contributed by atoms with E-state index in [-0.39, 0.29) is 25.1 Å². The topological polar surface area (TPSA) is 154 Å². The monoisotopic (exact) mass is 504 g/mol. The van der Waals surface area contributed by atoms with Gasteiger partial charge in [0.1, 0.15) is 0 Å². The number of carbonyl (C=O) groups is 3. The zero-order valence-corrected chi connectivity index (χ0v) is 22.1. The molecule has 1 amide bonds. The van der Waals surface area contributed by atoms with Crippen LogP contribution in [0.4, 0.5) is 4.79 Å². The number of hydrogen-bond donors (Lipinski definition) is 2. The first-order valence-corrected chi connectivity index (χ1v) is 12.0. The molecule has 1 aliphatic rings. The van der Waals surface area contributed by atoms with Crippen molar-refractivity contribution in [1.82, 2.24) is 5.32 Å². The van der Waals surface area contributed by atoms with Gasteiger partial charge in [0, 0.05) is 12.1 Å². The van der Waals surface area contributed by atoms with Gasteiger partial charge in [-0.3, -0.25) is 4.79 Å². The van der Waals surface area contributed by atoms with Gasteiger partial charge >= 0.3 is 18.0 Å². The molecule has 0 aliphatic heterocycles. The van der Waals surface area contributed by atoms with Crippen LogP contribution in [0.5, 0.6) is 0 Å². The Morgan fingerprint density at radius 3 is 2.14 bits per heavy atom. The zero-order chi connectivity index (χ0) is 27.7. The second-order valence-electron chi connectivity index (χ2n) is 7.16. The van der Waals surface area contributed by atoms with Gasteiger partial charge in [0.05, 0.1) is 13.0 Å². The van der Waals surface area contributed by atoms with Crippen molar-refractivity contribution in [2.45, 2.75) is 86.5 Å². The van der Waals surface area contributed by atoms with E-state index in [1.165, 1.54) is 6.92 Å². The van der Waals surface area contributed by atoms with Gasteiger partial charge in [-0.2, -0.15) is 0 Å². The van der Waals surface area contributed by atoms with Crippen LogP contribution in [0, 0.1) is 15.5 Å². The van der Waals surface area contributed by atoms with Gasteiger partial charge in [0.2, 0.25) is 6.79 Å². The summed E-state index contributed by atoms with van der Waals surface area (Å²) < 4.78 is 9.36. The van der Waals surface area contributed by atoms with E-state index in [9.17, 15) is 24.5 Å². The van der Waals surface area contributed by atoms with Crippen molar-refractivity contribution in [3.8, 4) is 0 Å². The summed E-state index contributed by atoms with van der Waals surface area (Å²) in [5.41, 5.74) is -0.205. The average molecular weight is 505 g/mol. The number of aliphatic carboxylic acids is 1. The second-order valence-corrected chi connectivity index (χ2v) is 7.16. The molecule has 2 N–H and O–H groups in total. The number of carboxylic acids is 1. The summed E-state index contributed by atoms with van der Waals surface area (Å²) in [4.78, 5) is 47.2. The minimum absolute atomic E-state index is 0.0257. The van der Waals surface area contributed by atoms with Crippen molar-refractivity contribution < 1.29 is 38.9 Å². The summed E-state index contributed by atoms with van der Waals surface area (Å²) in [6.07, 6.45) is 8.06. The van der Waals surface area contributed by atoms with Gasteiger partial charge in [-0.1, -0.05) is 65.7 Å². The van der Waals surface area contributed by atoms with Gasteiger partial charge < -0.3 is 24.7 Å². The summed E-state index contributed by atoms with van der Waals surface area (Å²) in [6, 6.07) is 0. The van der Waals surface area contributed by atoms with Crippen LogP contribution in [0.15, 0.2) is 24.3 Å². The van der Waals surface area contributed by atoms with Crippen LogP contribution < -0.4 is 5.32 Å². The Labute approximate surface area is 209 Å². The largest absolute Gasteiger partial charge is 0.481 e. The number of nitrogens with zero attached hydrogens (tertiary/aromatic N) is 1. The molecule has 0 bridgehead atoms. The van der Waals surface area contributed by atoms with E-state index in [0.29, 0.717) is 6.42 Å². The molecule has 11 nitrogen and oxygen atoms in total. The molecule has 0 aromatic heterocycles. The van der Waals surface area contributed by atoms with E-state index >= 15 is 0 Å². The Bertz CT molecular complexity index is 643. The number of ether oxygens (including phenoxy) is 2. The molecule has 0 heterocycles. The number of hydrogen-bond acceptors (Lipinski definition) is 8. The highest BCUT2D eigenvalue weighted by Gasteiger charge is 2.34. The number of allylic oxidation sites excluding steroid dienone is 1. The molecule has 1 saturated carbocycles. The molecule has 1 aliphatic carbocycles. The second kappa shape index (κ2) is 24.0. The standard InChI is InChI=1S/C15H23NO6.C5H9NO3.2C2H6/c1-11(2)13(19)21-10-22-14(20)16-9-15(8-12(17)18)6-4-3-5-7-15;1-2-3-4-5-9-6(7)8;2*1-2/h1,3-10H2,2H3,(H,16,20)(H,17,18);2-3H,4-5H2,1H3;2*1-2H3/b;3-2-;;. The van der Waals surface area contributed by atoms with E-state index in [1.54, 1.807) is 0 Å². The quantitative estimate of drug-likeness (QED) is 0.0712. The van der Waals surface area contributed by atoms with Crippen LogP contribution in [0.2, 0.25) is 0 Å². The van der Waals surface area contributed by atoms with Crippen molar-refractivity contribution >= 4 is 18.0 Å². The van der Waals surface area contributed by atoms with Crippen molar-refractivity contribution in [3.63, 3.8) is 0 Å². The Kier molecular flexibility index (Phi) is 25.0. The van der Waals surface area contributed by atoms with Crippen molar-refractivity contribution in [2.24, 2.45) is 5.41 Å². The van der Waals surface area contributed by atoms with Crippen LogP contribution in [0.1, 0.15) is 86.5 Å². The lowest BCUT2D eigenvalue weighted by molar-refractivity contribution is -0.757. The minimum atomic E-state index is -0.868. The minimum Gasteiger partial charge on any atom is -0.481 e. The third kappa shape index (κ3) is 22.4. The number of rotatable bonds is 11. The van der Waals surface area contributed by atoms with Crippen molar-refractivity contribution in [3.05, 3.63) is 34.4 Å². The van der Waals surface area contributed by atoms with Gasteiger partial charge in [0.15, 0.2) is 0 Å². The fraction of sp³-hybridized carbons (Fsp3) is 0.708. The normalized spacial score (nSPS) is 13.2. The molecule has 11 heteroatoms. The summed E-state index contributed by atoms with van der Waals surface area (Å²) in [6.45, 7) is 14.6. The Balaban J connectivity index is -0.000000659. The Morgan fingerprint density at radius 1 is 1.11 bits per heavy atom. The summed E-state index contributed by atoms with van der Waals surface area (Å²) >= 11 is 0. The maximum atomic E-state index is 11.6. The highest BCUT2D eigenvalue weighted by atomic mass is 16.9. The summed E-state index contributed by atoms with van der Waals surface area (Å²) in [7, 11) is 0. The fourth-order valence-corrected chi connectivity index (χ4v) is 2.97. The predicted molar refractivity (Wildman–Crippen MR) is 133 cm³/mol. The van der Waals surface area contributed by atoms with Crippen LogP contribution in [-0.2, 0) is 23.9 Å². The van der Waals surface area contributed by atoms with E-state index < -0.39 is 35.3 Å². The maximum absolute atomic E-state index is 11.6. The summed E-state index contributed by atoms with van der Waals surface area (Å²) in [5.74, 6) is -1.50. The van der Waals surface area contributed by atoms with E-state index in [1.807, 2.05) is 46.8 Å². The summed E-state index contributed by atoms with van der Waals surface area (Å²) in [5, 5.41) is 20.3. The number of carboxylic acid groups (broad SMARTS) is 1. The average Bonchev–Trinajstić information content (AvgIpc) is 2.83. The molecule has 0 spiro atoms. The van der Waals surface area contributed by atoms with Gasteiger partial charge in [0.25, 0.3) is 5.09 Å². The van der Waals surface area contributed by atoms with E-state index in [4.69, 9.17) is 9.84 Å². The molecule has 1 fully saturated rings. The third-order valence-corrected chi connectivity index (χ3v) is 4.49. The van der Waals surface area contributed by atoms with Gasteiger partial charge in [-0.15, -0.1) is 10.1 Å². The molecular weight excluding hydrogens is 460 g/mol. The predicted octanol–water partition coefficient (Wildman–Crippen LogP) is 5.43. The maximum Gasteiger partial charge on any atom is 0.410 e. The lowest BCUT2D eigenvalue weighted by Crippen LogP contribution is -2.40. The molecule has 0 atom stereocenters. The first-order chi connectivity index (χ1) is 16.6. The molecule has 0 saturated heterocycles. The molecular formula is C24H44N2O9. The number of amides is 1. The zero-order valence-electron chi connectivity index (χ0n) is 22.1. The molecule has 1 rings (SSSR count). The van der Waals surface area contributed by atoms with Gasteiger partial charge in [-0.25, -0.2) is 9.59 Å². The van der Waals surface area contributed by atoms with E-state index in [0.717, 1.165) is 32.1 Å². The van der Waals surface area contributed by atoms with Crippen LogP contribution >= 0.6 is 0 Å². The lowest BCUT2D eigenvalue weighted by atomic mass is 9.72. The first kappa shape index (κ1) is 36.5. The fourth-order valence-electron chi connectivity index (χ4n) is 2.97. The molecule has 35 heavy (non-hydrogen) atoms. The molecule has 0 unspecified atom stereocenters. The number of nitrogens with one attached hydrogen (secondary N) is 1. The SMILES string of the molecule is C/C=C\CCO[N+](=O)[O-].C=C(C)C(=O)OCOC(=O)NCC1(CC(=O)O)CCCCC1.CC.CC. The number of esters is 1. The Morgan fingerprint density at radius 2 is 1.69 bits per heavy atom. The lowest BCUT2D eigenvalue weighted by Gasteiger charge is -2.36. The Hall–Kier alpha value is -3.11. The van der Waals surface area contributed by atoms with Crippen molar-refractivity contribution in [1.29, 1.82) is 0 Å². The van der Waals surface area contributed by atoms with Gasteiger partial charge in [-0.05, 0) is 38.5 Å². The smallest absolute Gasteiger partial charge is 0.410 e. The molecule has 0 radical (unpaired) electrons. The van der Waals surface area contributed by atoms with Crippen molar-refractivity contribution in [2.75, 3.05) is 19.9 Å². The van der Waals surface area contributed by atoms with E-state index in [2.05, 4.69) is 21.5 Å². The third-order valence-electron chi connectivity index (χ3n) is 4.49. The highest BCUT2D eigenvalue weighted by molar-refractivity contribution is 5.86. The number of carbonyl (C=O) groups excluding carboxylic acids is 2. The van der Waals surface area contributed by atoms with Crippen LogP contribution in [0.3, 0.4) is 0 Å². The van der Waals surface area contributed by atoms with Crippen LogP contribution in [-0.4, -0.2) is 48.2 Å².